The van der Waals surface area contributed by atoms with E-state index in [0.717, 1.165) is 18.8 Å². The Bertz CT molecular complexity index is 732. The molecule has 7 nitrogen and oxygen atoms in total. The van der Waals surface area contributed by atoms with E-state index < -0.39 is 0 Å². The smallest absolute Gasteiger partial charge is 0.216 e. The van der Waals surface area contributed by atoms with Crippen molar-refractivity contribution in [2.45, 2.75) is 25.2 Å². The van der Waals surface area contributed by atoms with Crippen molar-refractivity contribution in [3.05, 3.63) is 41.9 Å². The number of anilines is 1. The topological polar surface area (TPSA) is 93.5 Å². The van der Waals surface area contributed by atoms with E-state index in [0.29, 0.717) is 5.57 Å². The molecule has 24 heavy (non-hydrogen) atoms. The van der Waals surface area contributed by atoms with Crippen LogP contribution in [0.2, 0.25) is 0 Å². The van der Waals surface area contributed by atoms with Crippen LogP contribution in [0.5, 0.6) is 0 Å². The molecule has 1 aromatic carbocycles. The van der Waals surface area contributed by atoms with Gasteiger partial charge in [-0.3, -0.25) is 0 Å². The fourth-order valence-corrected chi connectivity index (χ4v) is 2.95. The molecule has 0 spiro atoms. The zero-order chi connectivity index (χ0) is 17.0. The van der Waals surface area contributed by atoms with Gasteiger partial charge in [-0.1, -0.05) is 19.1 Å². The second-order valence-corrected chi connectivity index (χ2v) is 6.49. The summed E-state index contributed by atoms with van der Waals surface area (Å²) in [6.45, 7) is 4.61. The third kappa shape index (κ3) is 3.44. The number of rotatable bonds is 4. The number of tetrazole rings is 1. The Morgan fingerprint density at radius 1 is 1.33 bits per heavy atom. The first-order valence-electron chi connectivity index (χ1n) is 8.00. The molecule has 1 aliphatic rings. The van der Waals surface area contributed by atoms with Crippen LogP contribution in [0.1, 0.15) is 31.2 Å². The molecule has 0 aliphatic carbocycles. The van der Waals surface area contributed by atoms with Crippen LogP contribution in [0.25, 0.3) is 5.57 Å². The van der Waals surface area contributed by atoms with Gasteiger partial charge in [0.15, 0.2) is 0 Å². The number of allylic oxidation sites excluding steroid dienone is 1. The summed E-state index contributed by atoms with van der Waals surface area (Å²) in [4.78, 5) is 2.38. The summed E-state index contributed by atoms with van der Waals surface area (Å²) in [5.41, 5.74) is 2.86. The number of nitrogens with one attached hydrogen (secondary N) is 2. The van der Waals surface area contributed by atoms with Crippen molar-refractivity contribution in [3.63, 3.8) is 0 Å². The number of hydrogen-bond donors (Lipinski definition) is 2. The second kappa shape index (κ2) is 6.81. The number of hydrogen-bond acceptors (Lipinski definition) is 6. The molecule has 0 atom stereocenters. The molecule has 1 aliphatic heterocycles. The Hall–Kier alpha value is -2.72. The largest absolute Gasteiger partial charge is 0.360 e. The number of aromatic nitrogens is 4. The molecule has 0 amide bonds. The molecule has 2 aromatic rings. The summed E-state index contributed by atoms with van der Waals surface area (Å²) in [6.07, 6.45) is 3.94. The Kier molecular flexibility index (Phi) is 4.58. The van der Waals surface area contributed by atoms with E-state index in [1.165, 1.54) is 18.4 Å². The molecule has 2 N–H and O–H groups in total. The molecule has 124 valence electrons. The van der Waals surface area contributed by atoms with Gasteiger partial charge < -0.3 is 10.2 Å². The highest BCUT2D eigenvalue weighted by molar-refractivity contribution is 5.74. The normalized spacial score (nSPS) is 18.1. The monoisotopic (exact) mass is 323 g/mol. The van der Waals surface area contributed by atoms with Gasteiger partial charge in [0.05, 0.1) is 0 Å². The molecule has 1 fully saturated rings. The number of piperidine rings is 1. The van der Waals surface area contributed by atoms with Crippen LogP contribution in [-0.2, 0) is 5.41 Å². The van der Waals surface area contributed by atoms with Crippen molar-refractivity contribution in [1.29, 1.82) is 5.26 Å². The van der Waals surface area contributed by atoms with Gasteiger partial charge in [-0.25, -0.2) is 0 Å². The first-order chi connectivity index (χ1) is 11.6. The van der Waals surface area contributed by atoms with E-state index in [1.54, 1.807) is 6.20 Å². The number of benzene rings is 1. The van der Waals surface area contributed by atoms with Crippen LogP contribution < -0.4 is 5.32 Å². The quantitative estimate of drug-likeness (QED) is 0.838. The molecule has 0 saturated carbocycles. The molecule has 3 rings (SSSR count). The zero-order valence-corrected chi connectivity index (χ0v) is 14.0. The highest BCUT2D eigenvalue weighted by Crippen LogP contribution is 2.35. The van der Waals surface area contributed by atoms with Crippen molar-refractivity contribution >= 4 is 11.3 Å². The van der Waals surface area contributed by atoms with E-state index in [4.69, 9.17) is 5.26 Å². The lowest BCUT2D eigenvalue weighted by Gasteiger charge is -2.38. The van der Waals surface area contributed by atoms with Crippen molar-refractivity contribution in [2.75, 3.05) is 25.5 Å². The van der Waals surface area contributed by atoms with E-state index in [9.17, 15) is 0 Å². The van der Waals surface area contributed by atoms with Gasteiger partial charge in [0.25, 0.3) is 0 Å². The van der Waals surface area contributed by atoms with Gasteiger partial charge in [-0.15, -0.1) is 10.2 Å². The standard InChI is InChI=1S/C17H21N7/c1-17(7-9-24(2)10-8-17)14-3-5-15(6-4-14)19-12-13(11-18)16-20-22-23-21-16/h3-6,12,19H,7-10H2,1-2H3,(H,20,21,22,23). The summed E-state index contributed by atoms with van der Waals surface area (Å²) in [5.74, 6) is 0.278. The van der Waals surface area contributed by atoms with Crippen molar-refractivity contribution in [2.24, 2.45) is 0 Å². The highest BCUT2D eigenvalue weighted by Gasteiger charge is 2.30. The highest BCUT2D eigenvalue weighted by atomic mass is 15.5. The SMILES string of the molecule is CN1CCC(C)(c2ccc(NC=C(C#N)c3nn[nH]n3)cc2)CC1. The maximum absolute atomic E-state index is 9.16. The lowest BCUT2D eigenvalue weighted by molar-refractivity contribution is 0.200. The Morgan fingerprint density at radius 2 is 2.04 bits per heavy atom. The molecule has 1 aromatic heterocycles. The summed E-state index contributed by atoms with van der Waals surface area (Å²) in [5, 5.41) is 25.7. The van der Waals surface area contributed by atoms with Crippen LogP contribution in [0.3, 0.4) is 0 Å². The van der Waals surface area contributed by atoms with Gasteiger partial charge in [0.1, 0.15) is 11.6 Å². The molecular weight excluding hydrogens is 302 g/mol. The summed E-state index contributed by atoms with van der Waals surface area (Å²) in [7, 11) is 2.18. The predicted octanol–water partition coefficient (Wildman–Crippen LogP) is 2.16. The maximum Gasteiger partial charge on any atom is 0.216 e. The third-order valence-electron chi connectivity index (χ3n) is 4.76. The van der Waals surface area contributed by atoms with E-state index in [2.05, 4.69) is 63.0 Å². The van der Waals surface area contributed by atoms with Crippen LogP contribution >= 0.6 is 0 Å². The average Bonchev–Trinajstić information content (AvgIpc) is 3.13. The van der Waals surface area contributed by atoms with Gasteiger partial charge in [-0.2, -0.15) is 10.5 Å². The molecule has 0 bridgehead atoms. The summed E-state index contributed by atoms with van der Waals surface area (Å²) >= 11 is 0. The number of nitrogens with zero attached hydrogens (tertiary/aromatic N) is 5. The molecule has 1 saturated heterocycles. The minimum Gasteiger partial charge on any atom is -0.360 e. The predicted molar refractivity (Wildman–Crippen MR) is 91.9 cm³/mol. The average molecular weight is 323 g/mol. The minimum atomic E-state index is 0.239. The summed E-state index contributed by atoms with van der Waals surface area (Å²) < 4.78 is 0. The van der Waals surface area contributed by atoms with Gasteiger partial charge in [-0.05, 0) is 61.3 Å². The number of likely N-dealkylation sites (tertiary alicyclic amines) is 1. The fraction of sp³-hybridized carbons (Fsp3) is 0.412. The second-order valence-electron chi connectivity index (χ2n) is 6.49. The number of nitriles is 1. The maximum atomic E-state index is 9.16. The molecule has 2 heterocycles. The van der Waals surface area contributed by atoms with Crippen LogP contribution in [0.15, 0.2) is 30.5 Å². The molecule has 7 heteroatoms. The van der Waals surface area contributed by atoms with Crippen molar-refractivity contribution in [3.8, 4) is 6.07 Å². The lowest BCUT2D eigenvalue weighted by Crippen LogP contribution is -2.38. The van der Waals surface area contributed by atoms with Crippen LogP contribution in [0.4, 0.5) is 5.69 Å². The fourth-order valence-electron chi connectivity index (χ4n) is 2.95. The van der Waals surface area contributed by atoms with E-state index in [1.807, 2.05) is 12.1 Å². The van der Waals surface area contributed by atoms with Gasteiger partial charge >= 0.3 is 0 Å². The van der Waals surface area contributed by atoms with Crippen molar-refractivity contribution in [1.82, 2.24) is 25.5 Å². The van der Waals surface area contributed by atoms with Crippen LogP contribution in [0, 0.1) is 11.3 Å². The molecule has 0 unspecified atom stereocenters. The van der Waals surface area contributed by atoms with Gasteiger partial charge in [0.2, 0.25) is 5.82 Å². The Balaban J connectivity index is 1.70. The third-order valence-corrected chi connectivity index (χ3v) is 4.76. The number of H-pyrrole nitrogens is 1. The molecular formula is C17H21N7. The zero-order valence-electron chi connectivity index (χ0n) is 14.0. The van der Waals surface area contributed by atoms with Crippen molar-refractivity contribution < 1.29 is 0 Å². The minimum absolute atomic E-state index is 0.239. The summed E-state index contributed by atoms with van der Waals surface area (Å²) in [6, 6.07) is 10.5. The van der Waals surface area contributed by atoms with Crippen LogP contribution in [-0.4, -0.2) is 45.7 Å². The van der Waals surface area contributed by atoms with E-state index in [-0.39, 0.29) is 11.2 Å². The Labute approximate surface area is 141 Å². The lowest BCUT2D eigenvalue weighted by atomic mass is 9.74. The first-order valence-corrected chi connectivity index (χ1v) is 8.00. The van der Waals surface area contributed by atoms with E-state index >= 15 is 0 Å². The number of aromatic amines is 1. The molecule has 0 radical (unpaired) electrons. The van der Waals surface area contributed by atoms with Gasteiger partial charge in [0, 0.05) is 11.9 Å². The first kappa shape index (κ1) is 16.1. The Morgan fingerprint density at radius 3 is 2.62 bits per heavy atom.